The Kier molecular flexibility index (Phi) is 7.34. The Hall–Kier alpha value is -2.27. The molecule has 5 heteroatoms. The molecule has 27 heavy (non-hydrogen) atoms. The smallest absolute Gasteiger partial charge is 0.142 e. The van der Waals surface area contributed by atoms with E-state index in [2.05, 4.69) is 40.2 Å². The fourth-order valence-electron chi connectivity index (χ4n) is 3.37. The van der Waals surface area contributed by atoms with Crippen LogP contribution >= 0.6 is 0 Å². The summed E-state index contributed by atoms with van der Waals surface area (Å²) in [5.74, 6) is 0.802. The lowest BCUT2D eigenvalue weighted by atomic mass is 10.2. The number of benzene rings is 2. The minimum absolute atomic E-state index is 0.194. The molecule has 0 spiro atoms. The van der Waals surface area contributed by atoms with Crippen LogP contribution in [0, 0.1) is 5.82 Å². The van der Waals surface area contributed by atoms with Crippen molar-refractivity contribution in [1.29, 1.82) is 0 Å². The summed E-state index contributed by atoms with van der Waals surface area (Å²) < 4.78 is 18.8. The Morgan fingerprint density at radius 3 is 2.48 bits per heavy atom. The Morgan fingerprint density at radius 1 is 1.00 bits per heavy atom. The van der Waals surface area contributed by atoms with Gasteiger partial charge in [-0.3, -0.25) is 4.90 Å². The fourth-order valence-corrected chi connectivity index (χ4v) is 3.37. The SMILES string of the molecule is CCCOc1ccccc1N1CCN(CCCNc2ccc(F)cc2)CC1. The maximum Gasteiger partial charge on any atom is 0.142 e. The molecule has 0 atom stereocenters. The van der Waals surface area contributed by atoms with E-state index in [-0.39, 0.29) is 5.82 Å². The third-order valence-corrected chi connectivity index (χ3v) is 4.86. The van der Waals surface area contributed by atoms with Crippen molar-refractivity contribution in [2.45, 2.75) is 19.8 Å². The Bertz CT molecular complexity index is 684. The van der Waals surface area contributed by atoms with Gasteiger partial charge in [-0.05, 0) is 55.8 Å². The van der Waals surface area contributed by atoms with Crippen molar-refractivity contribution in [3.8, 4) is 5.75 Å². The first-order valence-corrected chi connectivity index (χ1v) is 9.95. The van der Waals surface area contributed by atoms with Crippen LogP contribution in [0.1, 0.15) is 19.8 Å². The van der Waals surface area contributed by atoms with E-state index in [1.165, 1.54) is 17.8 Å². The molecule has 3 rings (SSSR count). The standard InChI is InChI=1S/C22H30FN3O/c1-2-18-27-22-7-4-3-6-21(22)26-16-14-25(15-17-26)13-5-12-24-20-10-8-19(23)9-11-20/h3-4,6-11,24H,2,5,12-18H2,1H3. The van der Waals surface area contributed by atoms with Crippen LogP contribution in [-0.4, -0.2) is 50.8 Å². The number of halogens is 1. The van der Waals surface area contributed by atoms with Crippen LogP contribution < -0.4 is 15.0 Å². The summed E-state index contributed by atoms with van der Waals surface area (Å²) in [4.78, 5) is 4.94. The van der Waals surface area contributed by atoms with Crippen LogP contribution in [0.2, 0.25) is 0 Å². The minimum atomic E-state index is -0.194. The lowest BCUT2D eigenvalue weighted by Crippen LogP contribution is -2.47. The summed E-state index contributed by atoms with van der Waals surface area (Å²) in [6.45, 7) is 9.06. The Morgan fingerprint density at radius 2 is 1.74 bits per heavy atom. The molecule has 2 aromatic rings. The highest BCUT2D eigenvalue weighted by atomic mass is 19.1. The van der Waals surface area contributed by atoms with Crippen LogP contribution in [0.5, 0.6) is 5.75 Å². The lowest BCUT2D eigenvalue weighted by molar-refractivity contribution is 0.255. The van der Waals surface area contributed by atoms with E-state index in [0.717, 1.165) is 70.2 Å². The fraction of sp³-hybridized carbons (Fsp3) is 0.455. The molecule has 0 amide bonds. The first-order chi connectivity index (χ1) is 13.3. The van der Waals surface area contributed by atoms with Crippen molar-refractivity contribution >= 4 is 11.4 Å². The topological polar surface area (TPSA) is 27.7 Å². The normalized spacial score (nSPS) is 15.0. The summed E-state index contributed by atoms with van der Waals surface area (Å²) in [5, 5.41) is 3.35. The minimum Gasteiger partial charge on any atom is -0.491 e. The highest BCUT2D eigenvalue weighted by Crippen LogP contribution is 2.29. The van der Waals surface area contributed by atoms with Gasteiger partial charge in [-0.25, -0.2) is 4.39 Å². The summed E-state index contributed by atoms with van der Waals surface area (Å²) >= 11 is 0. The highest BCUT2D eigenvalue weighted by molar-refractivity contribution is 5.58. The number of rotatable bonds is 9. The predicted molar refractivity (Wildman–Crippen MR) is 110 cm³/mol. The summed E-state index contributed by atoms with van der Waals surface area (Å²) in [6.07, 6.45) is 2.10. The van der Waals surface area contributed by atoms with E-state index in [1.54, 1.807) is 12.1 Å². The van der Waals surface area contributed by atoms with Crippen molar-refractivity contribution < 1.29 is 9.13 Å². The maximum atomic E-state index is 12.9. The average molecular weight is 372 g/mol. The van der Waals surface area contributed by atoms with Crippen molar-refractivity contribution in [1.82, 2.24) is 4.90 Å². The van der Waals surface area contributed by atoms with Gasteiger partial charge in [0.15, 0.2) is 0 Å². The molecule has 1 N–H and O–H groups in total. The predicted octanol–water partition coefficient (Wildman–Crippen LogP) is 4.24. The molecule has 1 saturated heterocycles. The van der Waals surface area contributed by atoms with E-state index < -0.39 is 0 Å². The number of hydrogen-bond donors (Lipinski definition) is 1. The molecule has 1 heterocycles. The zero-order valence-electron chi connectivity index (χ0n) is 16.2. The molecule has 0 unspecified atom stereocenters. The molecule has 146 valence electrons. The van der Waals surface area contributed by atoms with E-state index in [4.69, 9.17) is 4.74 Å². The number of ether oxygens (including phenoxy) is 1. The van der Waals surface area contributed by atoms with Gasteiger partial charge in [0.05, 0.1) is 12.3 Å². The Balaban J connectivity index is 1.39. The number of anilines is 2. The molecule has 0 bridgehead atoms. The van der Waals surface area contributed by atoms with Crippen molar-refractivity contribution in [3.05, 3.63) is 54.3 Å². The highest BCUT2D eigenvalue weighted by Gasteiger charge is 2.19. The number of nitrogens with one attached hydrogen (secondary N) is 1. The monoisotopic (exact) mass is 371 g/mol. The molecule has 0 aliphatic carbocycles. The summed E-state index contributed by atoms with van der Waals surface area (Å²) in [7, 11) is 0. The van der Waals surface area contributed by atoms with Crippen LogP contribution in [-0.2, 0) is 0 Å². The summed E-state index contributed by atoms with van der Waals surface area (Å²) in [5.41, 5.74) is 2.19. The molecule has 2 aromatic carbocycles. The van der Waals surface area contributed by atoms with E-state index in [0.29, 0.717) is 0 Å². The molecule has 1 aliphatic heterocycles. The third kappa shape index (κ3) is 5.86. The quantitative estimate of drug-likeness (QED) is 0.668. The molecule has 1 aliphatic rings. The molecule has 4 nitrogen and oxygen atoms in total. The second-order valence-corrected chi connectivity index (χ2v) is 6.93. The van der Waals surface area contributed by atoms with E-state index in [1.807, 2.05) is 6.07 Å². The first kappa shape index (κ1) is 19.5. The lowest BCUT2D eigenvalue weighted by Gasteiger charge is -2.36. The van der Waals surface area contributed by atoms with Gasteiger partial charge in [0.1, 0.15) is 11.6 Å². The zero-order chi connectivity index (χ0) is 18.9. The van der Waals surface area contributed by atoms with Crippen LogP contribution in [0.15, 0.2) is 48.5 Å². The van der Waals surface area contributed by atoms with Gasteiger partial charge in [0.25, 0.3) is 0 Å². The number of para-hydroxylation sites is 2. The second-order valence-electron chi connectivity index (χ2n) is 6.93. The van der Waals surface area contributed by atoms with Gasteiger partial charge in [-0.15, -0.1) is 0 Å². The Labute approximate surface area is 161 Å². The van der Waals surface area contributed by atoms with Gasteiger partial charge < -0.3 is 15.0 Å². The summed E-state index contributed by atoms with van der Waals surface area (Å²) in [6, 6.07) is 14.9. The van der Waals surface area contributed by atoms with Gasteiger partial charge in [-0.1, -0.05) is 19.1 Å². The second kappa shape index (κ2) is 10.2. The first-order valence-electron chi connectivity index (χ1n) is 9.95. The molecule has 0 radical (unpaired) electrons. The molecular formula is C22H30FN3O. The molecule has 0 aromatic heterocycles. The number of nitrogens with zero attached hydrogens (tertiary/aromatic N) is 2. The van der Waals surface area contributed by atoms with Crippen molar-refractivity contribution in [2.24, 2.45) is 0 Å². The average Bonchev–Trinajstić information content (AvgIpc) is 2.72. The van der Waals surface area contributed by atoms with Crippen molar-refractivity contribution in [3.63, 3.8) is 0 Å². The van der Waals surface area contributed by atoms with Crippen LogP contribution in [0.4, 0.5) is 15.8 Å². The largest absolute Gasteiger partial charge is 0.491 e. The molecule has 0 saturated carbocycles. The number of hydrogen-bond acceptors (Lipinski definition) is 4. The van der Waals surface area contributed by atoms with E-state index in [9.17, 15) is 4.39 Å². The zero-order valence-corrected chi connectivity index (χ0v) is 16.2. The third-order valence-electron chi connectivity index (χ3n) is 4.86. The van der Waals surface area contributed by atoms with Crippen LogP contribution in [0.25, 0.3) is 0 Å². The van der Waals surface area contributed by atoms with Gasteiger partial charge in [-0.2, -0.15) is 0 Å². The van der Waals surface area contributed by atoms with Gasteiger partial charge in [0.2, 0.25) is 0 Å². The van der Waals surface area contributed by atoms with Gasteiger partial charge in [0, 0.05) is 38.4 Å². The maximum absolute atomic E-state index is 12.9. The van der Waals surface area contributed by atoms with Crippen LogP contribution in [0.3, 0.4) is 0 Å². The van der Waals surface area contributed by atoms with Crippen molar-refractivity contribution in [2.75, 3.05) is 56.1 Å². The molecule has 1 fully saturated rings. The van der Waals surface area contributed by atoms with E-state index >= 15 is 0 Å². The molecular weight excluding hydrogens is 341 g/mol. The van der Waals surface area contributed by atoms with Gasteiger partial charge >= 0.3 is 0 Å². The number of piperazine rings is 1.